The van der Waals surface area contributed by atoms with Crippen LogP contribution in [0.5, 0.6) is 0 Å². The molecule has 4 rings (SSSR count). The van der Waals surface area contributed by atoms with Gasteiger partial charge in [-0.15, -0.1) is 0 Å². The summed E-state index contributed by atoms with van der Waals surface area (Å²) in [5, 5.41) is 12.2. The summed E-state index contributed by atoms with van der Waals surface area (Å²) in [6, 6.07) is -0.182. The molecule has 1 N–H and O–H groups in total. The number of ether oxygens (including phenoxy) is 1. The first-order chi connectivity index (χ1) is 12.1. The Bertz CT molecular complexity index is 870. The molecule has 1 aliphatic carbocycles. The van der Waals surface area contributed by atoms with Crippen LogP contribution in [-0.2, 0) is 34.0 Å². The number of hydrogen-bond acceptors (Lipinski definition) is 6. The second kappa shape index (κ2) is 6.53. The van der Waals surface area contributed by atoms with E-state index in [-0.39, 0.29) is 17.5 Å². The van der Waals surface area contributed by atoms with E-state index in [1.807, 2.05) is 6.92 Å². The van der Waals surface area contributed by atoms with Crippen LogP contribution in [0.3, 0.4) is 0 Å². The van der Waals surface area contributed by atoms with Gasteiger partial charge in [-0.25, -0.2) is 18.1 Å². The van der Waals surface area contributed by atoms with E-state index in [0.29, 0.717) is 31.3 Å². The summed E-state index contributed by atoms with van der Waals surface area (Å²) >= 11 is 0. The summed E-state index contributed by atoms with van der Waals surface area (Å²) in [6.45, 7) is 2.83. The van der Waals surface area contributed by atoms with Gasteiger partial charge < -0.3 is 4.74 Å². The Morgan fingerprint density at radius 1 is 1.32 bits per heavy atom. The van der Waals surface area contributed by atoms with Crippen molar-refractivity contribution in [3.63, 3.8) is 0 Å². The lowest BCUT2D eigenvalue weighted by Crippen LogP contribution is -2.15. The lowest BCUT2D eigenvalue weighted by molar-refractivity contribution is 0.128. The molecule has 0 aromatic carbocycles. The highest BCUT2D eigenvalue weighted by Crippen LogP contribution is 2.32. The van der Waals surface area contributed by atoms with Gasteiger partial charge in [0.25, 0.3) is 0 Å². The van der Waals surface area contributed by atoms with Gasteiger partial charge in [-0.1, -0.05) is 0 Å². The fourth-order valence-corrected chi connectivity index (χ4v) is 5.36. The minimum atomic E-state index is -3.00. The summed E-state index contributed by atoms with van der Waals surface area (Å²) < 4.78 is 31.0. The van der Waals surface area contributed by atoms with E-state index in [1.54, 1.807) is 4.68 Å². The van der Waals surface area contributed by atoms with E-state index in [0.717, 1.165) is 31.4 Å². The number of fused-ring (bicyclic) bond motifs is 1. The van der Waals surface area contributed by atoms with E-state index < -0.39 is 9.84 Å². The first-order valence-corrected chi connectivity index (χ1v) is 10.7. The smallest absolute Gasteiger partial charge is 0.179 e. The topological polar surface area (TPSA) is 103 Å². The van der Waals surface area contributed by atoms with Crippen molar-refractivity contribution in [2.45, 2.75) is 51.7 Å². The van der Waals surface area contributed by atoms with Crippen LogP contribution in [0.25, 0.3) is 11.5 Å². The van der Waals surface area contributed by atoms with Crippen LogP contribution < -0.4 is 0 Å². The van der Waals surface area contributed by atoms with Crippen LogP contribution in [0.4, 0.5) is 0 Å². The molecule has 9 heteroatoms. The molecule has 136 valence electrons. The van der Waals surface area contributed by atoms with Gasteiger partial charge in [-0.05, 0) is 39.0 Å². The quantitative estimate of drug-likeness (QED) is 0.860. The molecule has 0 spiro atoms. The first kappa shape index (κ1) is 16.7. The van der Waals surface area contributed by atoms with Gasteiger partial charge >= 0.3 is 0 Å². The minimum absolute atomic E-state index is 0.115. The number of aromatic nitrogens is 5. The van der Waals surface area contributed by atoms with Crippen molar-refractivity contribution >= 4 is 9.84 Å². The molecule has 0 bridgehead atoms. The third kappa shape index (κ3) is 3.22. The Kier molecular flexibility index (Phi) is 4.36. The summed E-state index contributed by atoms with van der Waals surface area (Å²) in [5.41, 5.74) is 3.18. The van der Waals surface area contributed by atoms with Gasteiger partial charge in [0, 0.05) is 17.9 Å². The first-order valence-electron chi connectivity index (χ1n) is 8.87. The molecule has 0 saturated carbocycles. The van der Waals surface area contributed by atoms with Crippen LogP contribution in [-0.4, -0.2) is 51.5 Å². The van der Waals surface area contributed by atoms with E-state index in [2.05, 4.69) is 20.3 Å². The molecule has 1 saturated heterocycles. The maximum Gasteiger partial charge on any atom is 0.179 e. The predicted octanol–water partition coefficient (Wildman–Crippen LogP) is 1.44. The number of hydrogen-bond donors (Lipinski definition) is 1. The second-order valence-electron chi connectivity index (χ2n) is 6.73. The zero-order valence-corrected chi connectivity index (χ0v) is 15.2. The van der Waals surface area contributed by atoms with Crippen molar-refractivity contribution in [1.82, 2.24) is 25.0 Å². The predicted molar refractivity (Wildman–Crippen MR) is 91.9 cm³/mol. The molecule has 0 unspecified atom stereocenters. The monoisotopic (exact) mass is 365 g/mol. The molecule has 8 nitrogen and oxygen atoms in total. The molecule has 1 aliphatic heterocycles. The minimum Gasteiger partial charge on any atom is -0.374 e. The normalized spacial score (nSPS) is 22.2. The number of nitrogens with one attached hydrogen (secondary N) is 1. The number of aromatic amines is 1. The lowest BCUT2D eigenvalue weighted by atomic mass is 9.96. The van der Waals surface area contributed by atoms with Gasteiger partial charge in [0.1, 0.15) is 12.3 Å². The average Bonchev–Trinajstić information content (AvgIpc) is 3.28. The molecule has 2 aromatic heterocycles. The van der Waals surface area contributed by atoms with E-state index in [1.165, 1.54) is 11.3 Å². The number of nitrogens with zero attached hydrogens (tertiary/aromatic N) is 4. The zero-order valence-electron chi connectivity index (χ0n) is 14.4. The highest BCUT2D eigenvalue weighted by atomic mass is 32.2. The number of aryl methyl sites for hydroxylation is 1. The van der Waals surface area contributed by atoms with Crippen LogP contribution in [0.2, 0.25) is 0 Å². The zero-order chi connectivity index (χ0) is 17.4. The molecule has 0 amide bonds. The van der Waals surface area contributed by atoms with E-state index in [9.17, 15) is 8.42 Å². The SMILES string of the molecule is CCOCc1nc(-c2n[nH]c3c2CCCC3)n([C@H]2CCS(=O)(=O)C2)n1. The van der Waals surface area contributed by atoms with Crippen molar-refractivity contribution < 1.29 is 13.2 Å². The maximum absolute atomic E-state index is 11.9. The molecular weight excluding hydrogens is 342 g/mol. The molecule has 3 heterocycles. The van der Waals surface area contributed by atoms with Crippen LogP contribution in [0.1, 0.15) is 49.3 Å². The molecular formula is C16H23N5O3S. The van der Waals surface area contributed by atoms with Gasteiger partial charge in [0.2, 0.25) is 0 Å². The second-order valence-corrected chi connectivity index (χ2v) is 8.96. The Labute approximate surface area is 146 Å². The van der Waals surface area contributed by atoms with Crippen molar-refractivity contribution in [1.29, 1.82) is 0 Å². The lowest BCUT2D eigenvalue weighted by Gasteiger charge is -2.13. The van der Waals surface area contributed by atoms with Crippen LogP contribution in [0, 0.1) is 0 Å². The average molecular weight is 365 g/mol. The number of sulfone groups is 1. The van der Waals surface area contributed by atoms with E-state index >= 15 is 0 Å². The molecule has 25 heavy (non-hydrogen) atoms. The van der Waals surface area contributed by atoms with Gasteiger partial charge in [0.15, 0.2) is 21.5 Å². The Hall–Kier alpha value is -1.74. The van der Waals surface area contributed by atoms with Gasteiger partial charge in [0.05, 0.1) is 17.5 Å². The fraction of sp³-hybridized carbons (Fsp3) is 0.688. The largest absolute Gasteiger partial charge is 0.374 e. The molecule has 2 aromatic rings. The molecule has 1 fully saturated rings. The van der Waals surface area contributed by atoms with Gasteiger partial charge in [-0.3, -0.25) is 5.10 Å². The Morgan fingerprint density at radius 2 is 2.16 bits per heavy atom. The molecule has 0 radical (unpaired) electrons. The van der Waals surface area contributed by atoms with Gasteiger partial charge in [-0.2, -0.15) is 10.2 Å². The Morgan fingerprint density at radius 3 is 2.92 bits per heavy atom. The van der Waals surface area contributed by atoms with E-state index in [4.69, 9.17) is 4.74 Å². The Balaban J connectivity index is 1.75. The fourth-order valence-electron chi connectivity index (χ4n) is 3.67. The summed E-state index contributed by atoms with van der Waals surface area (Å²) in [7, 11) is -3.00. The molecule has 2 aliphatic rings. The highest BCUT2D eigenvalue weighted by Gasteiger charge is 2.33. The third-order valence-corrected chi connectivity index (χ3v) is 6.68. The summed E-state index contributed by atoms with van der Waals surface area (Å²) in [4.78, 5) is 4.64. The highest BCUT2D eigenvalue weighted by molar-refractivity contribution is 7.91. The number of rotatable bonds is 5. The molecule has 1 atom stereocenters. The van der Waals surface area contributed by atoms with Crippen LogP contribution in [0.15, 0.2) is 0 Å². The van der Waals surface area contributed by atoms with Crippen molar-refractivity contribution in [3.8, 4) is 11.5 Å². The third-order valence-electron chi connectivity index (χ3n) is 4.93. The van der Waals surface area contributed by atoms with Crippen molar-refractivity contribution in [2.75, 3.05) is 18.1 Å². The van der Waals surface area contributed by atoms with Crippen LogP contribution >= 0.6 is 0 Å². The standard InChI is InChI=1S/C16H23N5O3S/c1-2-24-9-14-17-16(15-12-5-3-4-6-13(12)18-19-15)21(20-14)11-7-8-25(22,23)10-11/h11H,2-10H2,1H3,(H,18,19)/t11-/m0/s1. The summed E-state index contributed by atoms with van der Waals surface area (Å²) in [5.74, 6) is 1.56. The van der Waals surface area contributed by atoms with Crippen molar-refractivity contribution in [2.24, 2.45) is 0 Å². The maximum atomic E-state index is 11.9. The number of H-pyrrole nitrogens is 1. The summed E-state index contributed by atoms with van der Waals surface area (Å²) in [6.07, 6.45) is 4.84. The van der Waals surface area contributed by atoms with Crippen molar-refractivity contribution in [3.05, 3.63) is 17.1 Å².